The van der Waals surface area contributed by atoms with E-state index in [4.69, 9.17) is 5.73 Å². The van der Waals surface area contributed by atoms with E-state index in [2.05, 4.69) is 15.5 Å². The molecular formula is C8H14N4O. The van der Waals surface area contributed by atoms with E-state index in [-0.39, 0.29) is 11.9 Å². The van der Waals surface area contributed by atoms with Gasteiger partial charge in [0.15, 0.2) is 0 Å². The third-order valence-corrected chi connectivity index (χ3v) is 1.89. The fourth-order valence-corrected chi connectivity index (χ4v) is 0.875. The van der Waals surface area contributed by atoms with Crippen LogP contribution in [0.4, 0.5) is 5.69 Å². The largest absolute Gasteiger partial charge is 0.396 e. The first-order valence-corrected chi connectivity index (χ1v) is 4.24. The zero-order chi connectivity index (χ0) is 9.84. The Morgan fingerprint density at radius 2 is 2.54 bits per heavy atom. The van der Waals surface area contributed by atoms with E-state index in [0.717, 1.165) is 6.42 Å². The Morgan fingerprint density at radius 1 is 1.85 bits per heavy atom. The summed E-state index contributed by atoms with van der Waals surface area (Å²) >= 11 is 0. The summed E-state index contributed by atoms with van der Waals surface area (Å²) in [6, 6.07) is 0.148. The van der Waals surface area contributed by atoms with Gasteiger partial charge in [0.1, 0.15) is 5.69 Å². The van der Waals surface area contributed by atoms with Crippen molar-refractivity contribution in [1.29, 1.82) is 0 Å². The minimum Gasteiger partial charge on any atom is -0.396 e. The van der Waals surface area contributed by atoms with Crippen LogP contribution in [0.2, 0.25) is 0 Å². The van der Waals surface area contributed by atoms with Gasteiger partial charge in [-0.3, -0.25) is 9.89 Å². The molecule has 0 aliphatic rings. The first-order chi connectivity index (χ1) is 6.15. The fraction of sp³-hybridized carbons (Fsp3) is 0.500. The molecule has 0 spiro atoms. The molecule has 1 rings (SSSR count). The van der Waals surface area contributed by atoms with Crippen molar-refractivity contribution in [2.24, 2.45) is 0 Å². The summed E-state index contributed by atoms with van der Waals surface area (Å²) in [5, 5.41) is 9.00. The van der Waals surface area contributed by atoms with Crippen LogP contribution in [-0.2, 0) is 0 Å². The monoisotopic (exact) mass is 182 g/mol. The molecular weight excluding hydrogens is 168 g/mol. The van der Waals surface area contributed by atoms with Gasteiger partial charge in [-0.1, -0.05) is 6.92 Å². The molecule has 4 N–H and O–H groups in total. The second kappa shape index (κ2) is 3.93. The molecule has 0 aromatic carbocycles. The van der Waals surface area contributed by atoms with Gasteiger partial charge in [-0.2, -0.15) is 5.10 Å². The van der Waals surface area contributed by atoms with Gasteiger partial charge in [0, 0.05) is 6.04 Å². The van der Waals surface area contributed by atoms with E-state index in [9.17, 15) is 4.79 Å². The van der Waals surface area contributed by atoms with Gasteiger partial charge in [0.25, 0.3) is 5.91 Å². The molecule has 5 heteroatoms. The number of aromatic nitrogens is 2. The molecule has 0 aliphatic carbocycles. The highest BCUT2D eigenvalue weighted by Crippen LogP contribution is 2.05. The topological polar surface area (TPSA) is 83.8 Å². The molecule has 72 valence electrons. The maximum atomic E-state index is 11.4. The number of rotatable bonds is 3. The summed E-state index contributed by atoms with van der Waals surface area (Å²) in [5.41, 5.74) is 6.21. The van der Waals surface area contributed by atoms with Crippen molar-refractivity contribution < 1.29 is 4.79 Å². The van der Waals surface area contributed by atoms with Gasteiger partial charge in [-0.15, -0.1) is 0 Å². The Hall–Kier alpha value is -1.52. The van der Waals surface area contributed by atoms with E-state index >= 15 is 0 Å². The van der Waals surface area contributed by atoms with Crippen molar-refractivity contribution in [3.05, 3.63) is 11.9 Å². The summed E-state index contributed by atoms with van der Waals surface area (Å²) < 4.78 is 0. The average Bonchev–Trinajstić information content (AvgIpc) is 2.51. The number of carbonyl (C=O) groups excluding carboxylic acids is 1. The van der Waals surface area contributed by atoms with E-state index in [1.54, 1.807) is 0 Å². The minimum absolute atomic E-state index is 0.148. The molecule has 1 unspecified atom stereocenters. The highest BCUT2D eigenvalue weighted by Gasteiger charge is 2.12. The van der Waals surface area contributed by atoms with Crippen LogP contribution >= 0.6 is 0 Å². The lowest BCUT2D eigenvalue weighted by Crippen LogP contribution is -2.32. The number of H-pyrrole nitrogens is 1. The maximum Gasteiger partial charge on any atom is 0.271 e. The zero-order valence-electron chi connectivity index (χ0n) is 7.79. The number of nitrogens with zero attached hydrogens (tertiary/aromatic N) is 1. The maximum absolute atomic E-state index is 11.4. The van der Waals surface area contributed by atoms with Gasteiger partial charge >= 0.3 is 0 Å². The van der Waals surface area contributed by atoms with Crippen molar-refractivity contribution in [2.75, 3.05) is 5.73 Å². The predicted octanol–water partition coefficient (Wildman–Crippen LogP) is 0.520. The van der Waals surface area contributed by atoms with Crippen LogP contribution in [0.3, 0.4) is 0 Å². The van der Waals surface area contributed by atoms with Crippen LogP contribution in [0.25, 0.3) is 0 Å². The average molecular weight is 182 g/mol. The molecule has 0 fully saturated rings. The molecule has 1 atom stereocenters. The molecule has 5 nitrogen and oxygen atoms in total. The van der Waals surface area contributed by atoms with Gasteiger partial charge in [0.05, 0.1) is 11.9 Å². The summed E-state index contributed by atoms with van der Waals surface area (Å²) in [6.45, 7) is 3.94. The molecule has 0 saturated carbocycles. The van der Waals surface area contributed by atoms with Gasteiger partial charge in [-0.25, -0.2) is 0 Å². The number of nitrogens with two attached hydrogens (primary N) is 1. The van der Waals surface area contributed by atoms with Crippen LogP contribution in [0.15, 0.2) is 6.20 Å². The molecule has 0 radical (unpaired) electrons. The number of nitrogen functional groups attached to an aromatic ring is 1. The highest BCUT2D eigenvalue weighted by molar-refractivity contribution is 5.97. The summed E-state index contributed by atoms with van der Waals surface area (Å²) in [6.07, 6.45) is 2.31. The quantitative estimate of drug-likeness (QED) is 0.637. The summed E-state index contributed by atoms with van der Waals surface area (Å²) in [4.78, 5) is 11.4. The van der Waals surface area contributed by atoms with E-state index in [1.165, 1.54) is 6.20 Å². The van der Waals surface area contributed by atoms with Crippen LogP contribution in [0.5, 0.6) is 0 Å². The molecule has 0 bridgehead atoms. The van der Waals surface area contributed by atoms with Crippen molar-refractivity contribution in [3.8, 4) is 0 Å². The number of carbonyl (C=O) groups is 1. The lowest BCUT2D eigenvalue weighted by Gasteiger charge is -2.09. The minimum atomic E-state index is -0.204. The lowest BCUT2D eigenvalue weighted by atomic mass is 10.2. The summed E-state index contributed by atoms with van der Waals surface area (Å²) in [7, 11) is 0. The predicted molar refractivity (Wildman–Crippen MR) is 50.2 cm³/mol. The van der Waals surface area contributed by atoms with Crippen LogP contribution in [-0.4, -0.2) is 22.1 Å². The van der Waals surface area contributed by atoms with Crippen LogP contribution in [0.1, 0.15) is 30.8 Å². The number of hydrogen-bond donors (Lipinski definition) is 3. The Morgan fingerprint density at radius 3 is 3.00 bits per heavy atom. The second-order valence-corrected chi connectivity index (χ2v) is 2.98. The molecule has 0 saturated heterocycles. The van der Waals surface area contributed by atoms with Crippen molar-refractivity contribution >= 4 is 11.6 Å². The number of anilines is 1. The van der Waals surface area contributed by atoms with E-state index in [1.807, 2.05) is 13.8 Å². The van der Waals surface area contributed by atoms with Crippen LogP contribution < -0.4 is 11.1 Å². The molecule has 1 aromatic rings. The van der Waals surface area contributed by atoms with Crippen LogP contribution in [0, 0.1) is 0 Å². The molecule has 1 amide bonds. The van der Waals surface area contributed by atoms with E-state index in [0.29, 0.717) is 11.4 Å². The number of nitrogens with one attached hydrogen (secondary N) is 2. The molecule has 0 aliphatic heterocycles. The van der Waals surface area contributed by atoms with Gasteiger partial charge in [0.2, 0.25) is 0 Å². The standard InChI is InChI=1S/C8H14N4O/c1-3-5(2)11-8(13)7-6(9)4-10-12-7/h4-5H,3,9H2,1-2H3,(H,10,12)(H,11,13). The van der Waals surface area contributed by atoms with Crippen molar-refractivity contribution in [2.45, 2.75) is 26.3 Å². The Bertz CT molecular complexity index is 294. The third-order valence-electron chi connectivity index (χ3n) is 1.89. The molecule has 1 aromatic heterocycles. The summed E-state index contributed by atoms with van der Waals surface area (Å²) in [5.74, 6) is -0.204. The SMILES string of the molecule is CCC(C)NC(=O)c1[nH]ncc1N. The smallest absolute Gasteiger partial charge is 0.271 e. The second-order valence-electron chi connectivity index (χ2n) is 2.98. The van der Waals surface area contributed by atoms with Gasteiger partial charge < -0.3 is 11.1 Å². The lowest BCUT2D eigenvalue weighted by molar-refractivity contribution is 0.0935. The molecule has 13 heavy (non-hydrogen) atoms. The first kappa shape index (κ1) is 9.57. The van der Waals surface area contributed by atoms with Gasteiger partial charge in [-0.05, 0) is 13.3 Å². The Balaban J connectivity index is 2.64. The Kier molecular flexibility index (Phi) is 2.89. The third kappa shape index (κ3) is 2.21. The zero-order valence-corrected chi connectivity index (χ0v) is 7.79. The normalized spacial score (nSPS) is 12.5. The number of amides is 1. The van der Waals surface area contributed by atoms with E-state index < -0.39 is 0 Å². The number of aromatic amines is 1. The van der Waals surface area contributed by atoms with Crippen molar-refractivity contribution in [1.82, 2.24) is 15.5 Å². The van der Waals surface area contributed by atoms with Crippen molar-refractivity contribution in [3.63, 3.8) is 0 Å². The highest BCUT2D eigenvalue weighted by atomic mass is 16.2. The Labute approximate surface area is 76.7 Å². The fourth-order valence-electron chi connectivity index (χ4n) is 0.875. The molecule has 1 heterocycles. The number of hydrogen-bond acceptors (Lipinski definition) is 3. The first-order valence-electron chi connectivity index (χ1n) is 4.24.